The Morgan fingerprint density at radius 1 is 1.03 bits per heavy atom. The molecule has 2 aromatic carbocycles. The number of esters is 1. The summed E-state index contributed by atoms with van der Waals surface area (Å²) in [7, 11) is 0. The van der Waals surface area contributed by atoms with Crippen LogP contribution in [0.1, 0.15) is 39.1 Å². The van der Waals surface area contributed by atoms with Gasteiger partial charge in [-0.1, -0.05) is 30.4 Å². The fourth-order valence-electron chi connectivity index (χ4n) is 4.10. The molecule has 0 saturated carbocycles. The molecule has 0 radical (unpaired) electrons. The number of Topliss-reactive ketones (excluding diaryl/α,β-unsaturated/α-hetero) is 1. The molecule has 0 spiro atoms. The molecule has 33 heavy (non-hydrogen) atoms. The van der Waals surface area contributed by atoms with Gasteiger partial charge < -0.3 is 4.74 Å². The molecule has 9 heteroatoms. The van der Waals surface area contributed by atoms with Crippen LogP contribution in [0.3, 0.4) is 0 Å². The Morgan fingerprint density at radius 2 is 1.70 bits per heavy atom. The maximum absolute atomic E-state index is 12.8. The highest BCUT2D eigenvalue weighted by atomic mass is 16.6. The van der Waals surface area contributed by atoms with Gasteiger partial charge in [0.25, 0.3) is 5.69 Å². The predicted molar refractivity (Wildman–Crippen MR) is 117 cm³/mol. The number of hydrogen-bond acceptors (Lipinski definition) is 7. The minimum Gasteiger partial charge on any atom is -0.454 e. The van der Waals surface area contributed by atoms with Crippen molar-refractivity contribution in [3.8, 4) is 0 Å². The van der Waals surface area contributed by atoms with Crippen molar-refractivity contribution in [2.45, 2.75) is 19.8 Å². The predicted octanol–water partition coefficient (Wildman–Crippen LogP) is 3.40. The van der Waals surface area contributed by atoms with Gasteiger partial charge >= 0.3 is 5.97 Å². The van der Waals surface area contributed by atoms with E-state index in [9.17, 15) is 29.3 Å². The zero-order valence-electron chi connectivity index (χ0n) is 17.7. The normalized spacial score (nSPS) is 19.4. The molecule has 2 unspecified atom stereocenters. The van der Waals surface area contributed by atoms with Crippen LogP contribution in [-0.2, 0) is 14.3 Å². The second-order valence-electron chi connectivity index (χ2n) is 7.98. The third-order valence-electron chi connectivity index (χ3n) is 5.91. The standard InChI is InChI=1S/C24H20N2O7/c1-14-9-10-15(12-20(14)26(31)32)21(27)13-33-24(30)16-5-4-6-17(11-16)25-22(28)18-7-2-3-8-19(18)23(25)29/h2-6,9-12,18-19H,7-8,13H2,1H3. The summed E-state index contributed by atoms with van der Waals surface area (Å²) in [5, 5.41) is 11.1. The maximum atomic E-state index is 12.8. The van der Waals surface area contributed by atoms with Gasteiger partial charge in [-0.05, 0) is 38.0 Å². The molecule has 9 nitrogen and oxygen atoms in total. The van der Waals surface area contributed by atoms with Crippen molar-refractivity contribution >= 4 is 34.9 Å². The molecule has 4 rings (SSSR count). The third kappa shape index (κ3) is 4.17. The lowest BCUT2D eigenvalue weighted by molar-refractivity contribution is -0.385. The van der Waals surface area contributed by atoms with Crippen molar-refractivity contribution in [1.82, 2.24) is 0 Å². The van der Waals surface area contributed by atoms with E-state index < -0.39 is 35.1 Å². The molecule has 0 N–H and O–H groups in total. The van der Waals surface area contributed by atoms with Gasteiger partial charge in [0.1, 0.15) is 0 Å². The Bertz CT molecular complexity index is 1190. The molecule has 1 aliphatic heterocycles. The monoisotopic (exact) mass is 448 g/mol. The number of rotatable bonds is 6. The van der Waals surface area contributed by atoms with Crippen LogP contribution >= 0.6 is 0 Å². The smallest absolute Gasteiger partial charge is 0.338 e. The molecule has 1 heterocycles. The molecule has 0 aromatic heterocycles. The van der Waals surface area contributed by atoms with E-state index in [1.165, 1.54) is 30.3 Å². The minimum absolute atomic E-state index is 0.0540. The van der Waals surface area contributed by atoms with Crippen LogP contribution in [0.4, 0.5) is 11.4 Å². The summed E-state index contributed by atoms with van der Waals surface area (Å²) in [4.78, 5) is 62.0. The Morgan fingerprint density at radius 3 is 2.33 bits per heavy atom. The second kappa shape index (κ2) is 8.78. The fourth-order valence-corrected chi connectivity index (χ4v) is 4.10. The van der Waals surface area contributed by atoms with Crippen molar-refractivity contribution < 1.29 is 28.8 Å². The molecular formula is C24H20N2O7. The van der Waals surface area contributed by atoms with Gasteiger partial charge in [-0.3, -0.25) is 29.4 Å². The Balaban J connectivity index is 1.46. The van der Waals surface area contributed by atoms with Gasteiger partial charge in [-0.25, -0.2) is 4.79 Å². The van der Waals surface area contributed by atoms with Crippen molar-refractivity contribution in [3.05, 3.63) is 81.4 Å². The highest BCUT2D eigenvalue weighted by molar-refractivity contribution is 6.22. The zero-order valence-corrected chi connectivity index (χ0v) is 17.7. The molecule has 2 amide bonds. The van der Waals surface area contributed by atoms with Crippen molar-refractivity contribution in [1.29, 1.82) is 0 Å². The molecule has 1 aliphatic carbocycles. The van der Waals surface area contributed by atoms with Crippen LogP contribution in [0.25, 0.3) is 0 Å². The van der Waals surface area contributed by atoms with E-state index in [-0.39, 0.29) is 34.3 Å². The lowest BCUT2D eigenvalue weighted by Gasteiger charge is -2.15. The summed E-state index contributed by atoms with van der Waals surface area (Å²) >= 11 is 0. The maximum Gasteiger partial charge on any atom is 0.338 e. The quantitative estimate of drug-likeness (QED) is 0.166. The largest absolute Gasteiger partial charge is 0.454 e. The van der Waals surface area contributed by atoms with E-state index in [1.807, 2.05) is 12.2 Å². The molecule has 1 saturated heterocycles. The summed E-state index contributed by atoms with van der Waals surface area (Å²) in [5.74, 6) is -2.79. The summed E-state index contributed by atoms with van der Waals surface area (Å²) in [6, 6.07) is 9.94. The number of fused-ring (bicyclic) bond motifs is 1. The molecule has 2 aromatic rings. The summed E-state index contributed by atoms with van der Waals surface area (Å²) in [6.07, 6.45) is 4.80. The summed E-state index contributed by atoms with van der Waals surface area (Å²) < 4.78 is 5.08. The van der Waals surface area contributed by atoms with Gasteiger partial charge in [0.2, 0.25) is 17.6 Å². The number of carbonyl (C=O) groups excluding carboxylic acids is 4. The number of allylic oxidation sites excluding steroid dienone is 2. The van der Waals surface area contributed by atoms with Crippen molar-refractivity contribution in [3.63, 3.8) is 0 Å². The first-order chi connectivity index (χ1) is 15.8. The van der Waals surface area contributed by atoms with Crippen LogP contribution in [0, 0.1) is 28.9 Å². The number of nitro groups is 1. The summed E-state index contributed by atoms with van der Waals surface area (Å²) in [5.41, 5.74) is 0.610. The number of nitro benzene ring substituents is 1. The average Bonchev–Trinajstić information content (AvgIpc) is 3.07. The Hall–Kier alpha value is -4.14. The molecule has 2 atom stereocenters. The van der Waals surface area contributed by atoms with Gasteiger partial charge in [0.05, 0.1) is 28.0 Å². The number of carbonyl (C=O) groups is 4. The number of ether oxygens (including phenoxy) is 1. The minimum atomic E-state index is -0.815. The van der Waals surface area contributed by atoms with E-state index >= 15 is 0 Å². The zero-order chi connectivity index (χ0) is 23.7. The summed E-state index contributed by atoms with van der Waals surface area (Å²) in [6.45, 7) is 0.946. The van der Waals surface area contributed by atoms with Gasteiger partial charge in [0, 0.05) is 17.2 Å². The lowest BCUT2D eigenvalue weighted by Crippen LogP contribution is -2.31. The van der Waals surface area contributed by atoms with Crippen LogP contribution < -0.4 is 4.90 Å². The second-order valence-corrected chi connectivity index (χ2v) is 7.98. The van der Waals surface area contributed by atoms with E-state index in [1.54, 1.807) is 13.0 Å². The van der Waals surface area contributed by atoms with Gasteiger partial charge in [-0.2, -0.15) is 0 Å². The Labute approximate surface area is 188 Å². The van der Waals surface area contributed by atoms with Crippen molar-refractivity contribution in [2.24, 2.45) is 11.8 Å². The fraction of sp³-hybridized carbons (Fsp3) is 0.250. The highest BCUT2D eigenvalue weighted by Gasteiger charge is 2.47. The Kier molecular flexibility index (Phi) is 5.87. The lowest BCUT2D eigenvalue weighted by atomic mass is 9.85. The molecular weight excluding hydrogens is 428 g/mol. The van der Waals surface area contributed by atoms with Gasteiger partial charge in [0.15, 0.2) is 6.61 Å². The first-order valence-electron chi connectivity index (χ1n) is 10.4. The number of nitrogens with zero attached hydrogens (tertiary/aromatic N) is 2. The molecule has 1 fully saturated rings. The SMILES string of the molecule is Cc1ccc(C(=O)COC(=O)c2cccc(N3C(=O)C4CC=CCC4C3=O)c2)cc1[N+](=O)[O-]. The first kappa shape index (κ1) is 22.1. The van der Waals surface area contributed by atoms with Crippen LogP contribution in [0.2, 0.25) is 0 Å². The van der Waals surface area contributed by atoms with Crippen LogP contribution in [0.15, 0.2) is 54.6 Å². The van der Waals surface area contributed by atoms with E-state index in [0.29, 0.717) is 18.4 Å². The number of imide groups is 1. The number of anilines is 1. The number of benzene rings is 2. The topological polar surface area (TPSA) is 124 Å². The number of hydrogen-bond donors (Lipinski definition) is 0. The molecule has 2 aliphatic rings. The third-order valence-corrected chi connectivity index (χ3v) is 5.91. The van der Waals surface area contributed by atoms with Crippen molar-refractivity contribution in [2.75, 3.05) is 11.5 Å². The number of ketones is 1. The average molecular weight is 448 g/mol. The highest BCUT2D eigenvalue weighted by Crippen LogP contribution is 2.37. The van der Waals surface area contributed by atoms with Crippen LogP contribution in [0.5, 0.6) is 0 Å². The van der Waals surface area contributed by atoms with E-state index in [4.69, 9.17) is 4.74 Å². The van der Waals surface area contributed by atoms with Crippen LogP contribution in [-0.4, -0.2) is 35.1 Å². The molecule has 168 valence electrons. The molecule has 0 bridgehead atoms. The first-order valence-corrected chi connectivity index (χ1v) is 10.4. The van der Waals surface area contributed by atoms with Gasteiger partial charge in [-0.15, -0.1) is 0 Å². The van der Waals surface area contributed by atoms with E-state index in [0.717, 1.165) is 11.0 Å². The number of amides is 2. The number of aryl methyl sites for hydroxylation is 1. The van der Waals surface area contributed by atoms with E-state index in [2.05, 4.69) is 0 Å².